The fourth-order valence-corrected chi connectivity index (χ4v) is 1.25. The Morgan fingerprint density at radius 3 is 2.85 bits per heavy atom. The van der Waals surface area contributed by atoms with Crippen molar-refractivity contribution in [3.63, 3.8) is 0 Å². The van der Waals surface area contributed by atoms with Gasteiger partial charge in [0.2, 0.25) is 5.78 Å². The first-order valence-electron chi connectivity index (χ1n) is 3.45. The van der Waals surface area contributed by atoms with Crippen molar-refractivity contribution in [3.05, 3.63) is 35.4 Å². The van der Waals surface area contributed by atoms with E-state index in [1.807, 2.05) is 0 Å². The van der Waals surface area contributed by atoms with Gasteiger partial charge in [-0.2, -0.15) is 0 Å². The van der Waals surface area contributed by atoms with E-state index in [1.54, 1.807) is 5.38 Å². The van der Waals surface area contributed by atoms with Crippen LogP contribution in [0.3, 0.4) is 0 Å². The Kier molecular flexibility index (Phi) is 2.05. The molecule has 0 spiro atoms. The number of hydrogen-bond donors (Lipinski definition) is 0. The minimum atomic E-state index is -0.248. The Hall–Kier alpha value is -1.69. The molecule has 0 N–H and O–H groups in total. The molecule has 0 unspecified atom stereocenters. The van der Waals surface area contributed by atoms with Crippen molar-refractivity contribution in [1.82, 2.24) is 19.6 Å². The summed E-state index contributed by atoms with van der Waals surface area (Å²) in [5.41, 5.74) is 0.598. The van der Waals surface area contributed by atoms with Gasteiger partial charge in [0, 0.05) is 17.8 Å². The number of aromatic nitrogens is 4. The van der Waals surface area contributed by atoms with Gasteiger partial charge in [0.15, 0.2) is 0 Å². The predicted octanol–water partition coefficient (Wildman–Crippen LogP) is 0.559. The number of ketones is 1. The van der Waals surface area contributed by atoms with Crippen LogP contribution in [0.5, 0.6) is 0 Å². The quantitative estimate of drug-likeness (QED) is 0.650. The van der Waals surface area contributed by atoms with Crippen molar-refractivity contribution in [2.24, 2.45) is 0 Å². The van der Waals surface area contributed by atoms with Crippen LogP contribution in [0, 0.1) is 0 Å². The van der Waals surface area contributed by atoms with Gasteiger partial charge in [0.25, 0.3) is 0 Å². The minimum absolute atomic E-state index is 0.248. The third kappa shape index (κ3) is 1.57. The van der Waals surface area contributed by atoms with E-state index in [0.717, 1.165) is 11.5 Å². The molecule has 2 aromatic heterocycles. The number of rotatable bonds is 2. The zero-order valence-electron chi connectivity index (χ0n) is 6.41. The van der Waals surface area contributed by atoms with Crippen LogP contribution < -0.4 is 0 Å². The standard InChI is InChI=1S/C7H4N4OS/c12-7(6-4-13-11-10-6)5-3-8-1-2-9-5/h1-4H. The molecule has 0 atom stereocenters. The second-order valence-electron chi connectivity index (χ2n) is 2.21. The fourth-order valence-electron chi connectivity index (χ4n) is 0.811. The minimum Gasteiger partial charge on any atom is -0.285 e. The van der Waals surface area contributed by atoms with Crippen molar-refractivity contribution in [2.45, 2.75) is 0 Å². The highest BCUT2D eigenvalue weighted by atomic mass is 32.1. The second-order valence-corrected chi connectivity index (χ2v) is 2.82. The molecular formula is C7H4N4OS. The summed E-state index contributed by atoms with van der Waals surface area (Å²) in [6.07, 6.45) is 4.38. The van der Waals surface area contributed by atoms with Gasteiger partial charge in [-0.1, -0.05) is 4.49 Å². The van der Waals surface area contributed by atoms with Gasteiger partial charge in [-0.15, -0.1) is 5.10 Å². The summed E-state index contributed by atoms with van der Waals surface area (Å²) in [5, 5.41) is 5.22. The lowest BCUT2D eigenvalue weighted by Crippen LogP contribution is -2.04. The van der Waals surface area contributed by atoms with Crippen LogP contribution in [0.4, 0.5) is 0 Å². The molecule has 0 amide bonds. The average molecular weight is 192 g/mol. The highest BCUT2D eigenvalue weighted by molar-refractivity contribution is 7.03. The molecule has 0 aromatic carbocycles. The molecule has 0 aliphatic carbocycles. The van der Waals surface area contributed by atoms with Crippen LogP contribution in [0.15, 0.2) is 24.0 Å². The number of nitrogens with zero attached hydrogens (tertiary/aromatic N) is 4. The van der Waals surface area contributed by atoms with Gasteiger partial charge in [0.1, 0.15) is 11.4 Å². The van der Waals surface area contributed by atoms with Crippen LogP contribution in [-0.4, -0.2) is 25.3 Å². The van der Waals surface area contributed by atoms with Crippen molar-refractivity contribution in [1.29, 1.82) is 0 Å². The van der Waals surface area contributed by atoms with E-state index >= 15 is 0 Å². The smallest absolute Gasteiger partial charge is 0.234 e. The summed E-state index contributed by atoms with van der Waals surface area (Å²) >= 11 is 1.13. The molecule has 2 rings (SSSR count). The van der Waals surface area contributed by atoms with Gasteiger partial charge in [-0.3, -0.25) is 9.78 Å². The van der Waals surface area contributed by atoms with E-state index in [-0.39, 0.29) is 11.5 Å². The van der Waals surface area contributed by atoms with Gasteiger partial charge in [0.05, 0.1) is 6.20 Å². The first-order chi connectivity index (χ1) is 6.38. The molecule has 0 aliphatic rings. The molecule has 13 heavy (non-hydrogen) atoms. The second kappa shape index (κ2) is 3.36. The average Bonchev–Trinajstić information content (AvgIpc) is 2.71. The lowest BCUT2D eigenvalue weighted by Gasteiger charge is -1.92. The van der Waals surface area contributed by atoms with Crippen molar-refractivity contribution >= 4 is 17.3 Å². The van der Waals surface area contributed by atoms with Crippen LogP contribution in [0.2, 0.25) is 0 Å². The fraction of sp³-hybridized carbons (Fsp3) is 0. The van der Waals surface area contributed by atoms with Crippen LogP contribution in [0.25, 0.3) is 0 Å². The normalized spacial score (nSPS) is 9.85. The SMILES string of the molecule is O=C(c1cnccn1)c1csnn1. The highest BCUT2D eigenvalue weighted by Gasteiger charge is 2.12. The predicted molar refractivity (Wildman–Crippen MR) is 45.4 cm³/mol. The molecule has 0 fully saturated rings. The van der Waals surface area contributed by atoms with Crippen molar-refractivity contribution in [3.8, 4) is 0 Å². The topological polar surface area (TPSA) is 68.6 Å². The lowest BCUT2D eigenvalue weighted by atomic mass is 10.2. The Labute approximate surface area is 77.6 Å². The molecule has 64 valence electrons. The summed E-state index contributed by atoms with van der Waals surface area (Å²) in [6, 6.07) is 0. The van der Waals surface area contributed by atoms with E-state index < -0.39 is 0 Å². The number of hydrogen-bond acceptors (Lipinski definition) is 6. The Morgan fingerprint density at radius 2 is 2.23 bits per heavy atom. The first-order valence-corrected chi connectivity index (χ1v) is 4.29. The van der Waals surface area contributed by atoms with Crippen molar-refractivity contribution in [2.75, 3.05) is 0 Å². The van der Waals surface area contributed by atoms with E-state index in [4.69, 9.17) is 0 Å². The lowest BCUT2D eigenvalue weighted by molar-refractivity contribution is 0.102. The van der Waals surface area contributed by atoms with Crippen LogP contribution in [-0.2, 0) is 0 Å². The van der Waals surface area contributed by atoms with E-state index in [0.29, 0.717) is 5.69 Å². The summed E-state index contributed by atoms with van der Waals surface area (Å²) in [7, 11) is 0. The molecule has 0 radical (unpaired) electrons. The third-order valence-electron chi connectivity index (χ3n) is 1.39. The van der Waals surface area contributed by atoms with Gasteiger partial charge in [-0.25, -0.2) is 4.98 Å². The zero-order chi connectivity index (χ0) is 9.10. The van der Waals surface area contributed by atoms with E-state index in [1.165, 1.54) is 18.6 Å². The summed E-state index contributed by atoms with van der Waals surface area (Å²) in [4.78, 5) is 19.2. The molecule has 0 aliphatic heterocycles. The molecular weight excluding hydrogens is 188 g/mol. The monoisotopic (exact) mass is 192 g/mol. The molecule has 0 bridgehead atoms. The molecule has 2 heterocycles. The third-order valence-corrected chi connectivity index (χ3v) is 1.89. The van der Waals surface area contributed by atoms with Gasteiger partial charge in [-0.05, 0) is 11.5 Å². The van der Waals surface area contributed by atoms with Crippen molar-refractivity contribution < 1.29 is 4.79 Å². The molecule has 2 aromatic rings. The van der Waals surface area contributed by atoms with E-state index in [2.05, 4.69) is 19.6 Å². The number of carbonyl (C=O) groups excluding carboxylic acids is 1. The largest absolute Gasteiger partial charge is 0.285 e. The maximum absolute atomic E-state index is 11.5. The Bertz CT molecular complexity index is 400. The number of carbonyl (C=O) groups is 1. The Balaban J connectivity index is 2.34. The Morgan fingerprint density at radius 1 is 1.31 bits per heavy atom. The first kappa shape index (κ1) is 7.93. The molecule has 6 heteroatoms. The van der Waals surface area contributed by atoms with E-state index in [9.17, 15) is 4.79 Å². The van der Waals surface area contributed by atoms with Gasteiger partial charge >= 0.3 is 0 Å². The molecule has 0 saturated carbocycles. The summed E-state index contributed by atoms with van der Waals surface area (Å²) < 4.78 is 3.59. The van der Waals surface area contributed by atoms with Crippen LogP contribution in [0.1, 0.15) is 16.2 Å². The van der Waals surface area contributed by atoms with Gasteiger partial charge < -0.3 is 0 Å². The summed E-state index contributed by atoms with van der Waals surface area (Å²) in [5.74, 6) is -0.248. The molecule has 5 nitrogen and oxygen atoms in total. The van der Waals surface area contributed by atoms with Crippen LogP contribution >= 0.6 is 11.5 Å². The maximum Gasteiger partial charge on any atom is 0.234 e. The summed E-state index contributed by atoms with van der Waals surface area (Å²) in [6.45, 7) is 0. The maximum atomic E-state index is 11.5. The highest BCUT2D eigenvalue weighted by Crippen LogP contribution is 2.03. The zero-order valence-corrected chi connectivity index (χ0v) is 7.23. The molecule has 0 saturated heterocycles.